The summed E-state index contributed by atoms with van der Waals surface area (Å²) in [6.45, 7) is 1.94. The molecule has 3 heterocycles. The van der Waals surface area contributed by atoms with Crippen molar-refractivity contribution in [3.8, 4) is 11.3 Å². The van der Waals surface area contributed by atoms with Crippen LogP contribution in [0.15, 0.2) is 45.9 Å². The van der Waals surface area contributed by atoms with Crippen molar-refractivity contribution in [3.63, 3.8) is 0 Å². The highest BCUT2D eigenvalue weighted by Crippen LogP contribution is 2.33. The van der Waals surface area contributed by atoms with Crippen LogP contribution in [0.5, 0.6) is 0 Å². The second-order valence-corrected chi connectivity index (χ2v) is 5.93. The van der Waals surface area contributed by atoms with Gasteiger partial charge in [0.25, 0.3) is 0 Å². The van der Waals surface area contributed by atoms with E-state index in [1.54, 1.807) is 12.1 Å². The minimum atomic E-state index is -0.407. The molecule has 4 rings (SSSR count). The molecular weight excluding hydrogens is 303 g/mol. The van der Waals surface area contributed by atoms with Gasteiger partial charge in [0.2, 0.25) is 0 Å². The third-order valence-corrected chi connectivity index (χ3v) is 4.55. The summed E-state index contributed by atoms with van der Waals surface area (Å²) in [7, 11) is 0. The van der Waals surface area contributed by atoms with Crippen molar-refractivity contribution in [2.45, 2.75) is 6.92 Å². The highest BCUT2D eigenvalue weighted by molar-refractivity contribution is 7.25. The highest BCUT2D eigenvalue weighted by atomic mass is 32.1. The second kappa shape index (κ2) is 4.71. The smallest absolute Gasteiger partial charge is 0.356 e. The fourth-order valence-electron chi connectivity index (χ4n) is 2.47. The summed E-state index contributed by atoms with van der Waals surface area (Å²) in [5, 5.41) is 0.860. The fourth-order valence-corrected chi connectivity index (χ4v) is 3.55. The van der Waals surface area contributed by atoms with Crippen molar-refractivity contribution in [1.82, 2.24) is 9.97 Å². The Morgan fingerprint density at radius 1 is 1.23 bits per heavy atom. The fraction of sp³-hybridized carbons (Fsp3) is 0.0625. The third-order valence-electron chi connectivity index (χ3n) is 3.50. The Hall–Kier alpha value is -2.60. The topological polar surface area (TPSA) is 56.0 Å². The first-order valence-corrected chi connectivity index (χ1v) is 7.39. The van der Waals surface area contributed by atoms with Crippen molar-refractivity contribution >= 4 is 31.8 Å². The van der Waals surface area contributed by atoms with Crippen molar-refractivity contribution in [2.24, 2.45) is 0 Å². The molecule has 0 aliphatic carbocycles. The number of aromatic nitrogens is 2. The molecule has 0 saturated carbocycles. The van der Waals surface area contributed by atoms with Crippen molar-refractivity contribution in [2.75, 3.05) is 0 Å². The summed E-state index contributed by atoms with van der Waals surface area (Å²) in [5.41, 5.74) is 2.74. The molecule has 4 aromatic rings. The van der Waals surface area contributed by atoms with E-state index in [0.29, 0.717) is 10.2 Å². The van der Waals surface area contributed by atoms with E-state index >= 15 is 0 Å². The molecule has 0 spiro atoms. The van der Waals surface area contributed by atoms with Gasteiger partial charge in [-0.15, -0.1) is 11.3 Å². The molecule has 0 unspecified atom stereocenters. The van der Waals surface area contributed by atoms with Crippen LogP contribution < -0.4 is 5.63 Å². The van der Waals surface area contributed by atoms with E-state index in [-0.39, 0.29) is 5.82 Å². The lowest BCUT2D eigenvalue weighted by atomic mass is 10.1. The minimum Gasteiger partial charge on any atom is -0.410 e. The minimum absolute atomic E-state index is 0.287. The second-order valence-electron chi connectivity index (χ2n) is 4.93. The monoisotopic (exact) mass is 312 g/mol. The average molecular weight is 312 g/mol. The average Bonchev–Trinajstić information content (AvgIpc) is 2.88. The molecule has 0 bridgehead atoms. The van der Waals surface area contributed by atoms with Crippen LogP contribution in [0.3, 0.4) is 0 Å². The van der Waals surface area contributed by atoms with Gasteiger partial charge in [-0.3, -0.25) is 0 Å². The van der Waals surface area contributed by atoms with E-state index in [2.05, 4.69) is 9.97 Å². The summed E-state index contributed by atoms with van der Waals surface area (Å²) in [4.78, 5) is 21.3. The van der Waals surface area contributed by atoms with Crippen molar-refractivity contribution in [1.29, 1.82) is 0 Å². The molecule has 0 aliphatic rings. The molecule has 0 amide bonds. The molecular formula is C16H9FN2O2S. The summed E-state index contributed by atoms with van der Waals surface area (Å²) in [6.07, 6.45) is 1.16. The first kappa shape index (κ1) is 13.1. The van der Waals surface area contributed by atoms with Crippen LogP contribution in [0.4, 0.5) is 4.39 Å². The van der Waals surface area contributed by atoms with Crippen LogP contribution in [0.25, 0.3) is 31.7 Å². The molecule has 1 aromatic carbocycles. The van der Waals surface area contributed by atoms with E-state index in [0.717, 1.165) is 33.4 Å². The van der Waals surface area contributed by atoms with Gasteiger partial charge in [0.15, 0.2) is 6.39 Å². The third kappa shape index (κ3) is 1.92. The van der Waals surface area contributed by atoms with Gasteiger partial charge in [0, 0.05) is 10.9 Å². The summed E-state index contributed by atoms with van der Waals surface area (Å²) < 4.78 is 18.3. The number of pyridine rings is 1. The van der Waals surface area contributed by atoms with Crippen LogP contribution in [0.1, 0.15) is 5.56 Å². The van der Waals surface area contributed by atoms with Crippen LogP contribution in [0, 0.1) is 12.7 Å². The Labute approximate surface area is 127 Å². The van der Waals surface area contributed by atoms with Crippen molar-refractivity contribution < 1.29 is 8.81 Å². The standard InChI is InChI=1S/C16H9FN2O2S/c1-8-6-11(9-2-4-10(17)5-3-9)19-15-12(8)13-14(22-15)16(20)21-7-18-13/h2-7H,1H3. The van der Waals surface area contributed by atoms with Crippen LogP contribution in [-0.2, 0) is 0 Å². The van der Waals surface area contributed by atoms with E-state index in [1.165, 1.54) is 23.5 Å². The number of thiophene rings is 1. The largest absolute Gasteiger partial charge is 0.410 e. The Kier molecular flexibility index (Phi) is 2.80. The molecule has 0 N–H and O–H groups in total. The van der Waals surface area contributed by atoms with E-state index in [1.807, 2.05) is 13.0 Å². The van der Waals surface area contributed by atoms with Gasteiger partial charge in [-0.2, -0.15) is 0 Å². The summed E-state index contributed by atoms with van der Waals surface area (Å²) in [6, 6.07) is 8.08. The lowest BCUT2D eigenvalue weighted by Crippen LogP contribution is -1.96. The lowest BCUT2D eigenvalue weighted by molar-refractivity contribution is 0.502. The Balaban J connectivity index is 2.04. The molecule has 4 nitrogen and oxygen atoms in total. The summed E-state index contributed by atoms with van der Waals surface area (Å²) >= 11 is 1.26. The number of aryl methyl sites for hydroxylation is 1. The molecule has 0 saturated heterocycles. The number of hydrogen-bond acceptors (Lipinski definition) is 5. The first-order chi connectivity index (χ1) is 10.6. The molecule has 0 atom stereocenters. The van der Waals surface area contributed by atoms with Gasteiger partial charge in [-0.25, -0.2) is 19.2 Å². The van der Waals surface area contributed by atoms with Gasteiger partial charge < -0.3 is 4.42 Å². The zero-order valence-corrected chi connectivity index (χ0v) is 12.3. The predicted molar refractivity (Wildman–Crippen MR) is 83.6 cm³/mol. The molecule has 0 aliphatic heterocycles. The SMILES string of the molecule is Cc1cc(-c2ccc(F)cc2)nc2sc3c(=O)ocnc3c12. The van der Waals surface area contributed by atoms with Gasteiger partial charge in [-0.1, -0.05) is 0 Å². The number of fused-ring (bicyclic) bond motifs is 3. The maximum absolute atomic E-state index is 13.0. The molecule has 22 heavy (non-hydrogen) atoms. The van der Waals surface area contributed by atoms with E-state index < -0.39 is 5.63 Å². The number of hydrogen-bond donors (Lipinski definition) is 0. The molecule has 3 aromatic heterocycles. The van der Waals surface area contributed by atoms with Gasteiger partial charge >= 0.3 is 5.63 Å². The number of benzene rings is 1. The molecule has 6 heteroatoms. The maximum atomic E-state index is 13.0. The zero-order chi connectivity index (χ0) is 15.3. The molecule has 0 radical (unpaired) electrons. The molecule has 108 valence electrons. The predicted octanol–water partition coefficient (Wildman–Crippen LogP) is 3.91. The first-order valence-electron chi connectivity index (χ1n) is 6.57. The van der Waals surface area contributed by atoms with E-state index in [9.17, 15) is 9.18 Å². The van der Waals surface area contributed by atoms with Crippen LogP contribution >= 0.6 is 11.3 Å². The number of halogens is 1. The maximum Gasteiger partial charge on any atom is 0.356 e. The number of nitrogens with zero attached hydrogens (tertiary/aromatic N) is 2. The highest BCUT2D eigenvalue weighted by Gasteiger charge is 2.15. The Bertz CT molecular complexity index is 1070. The quantitative estimate of drug-likeness (QED) is 0.534. The number of rotatable bonds is 1. The zero-order valence-electron chi connectivity index (χ0n) is 11.5. The van der Waals surface area contributed by atoms with Crippen LogP contribution in [-0.4, -0.2) is 9.97 Å². The lowest BCUT2D eigenvalue weighted by Gasteiger charge is -2.04. The Morgan fingerprint density at radius 2 is 2.00 bits per heavy atom. The van der Waals surface area contributed by atoms with Crippen LogP contribution in [0.2, 0.25) is 0 Å². The van der Waals surface area contributed by atoms with Gasteiger partial charge in [0.1, 0.15) is 20.9 Å². The summed E-state index contributed by atoms with van der Waals surface area (Å²) in [5.74, 6) is -0.287. The molecule has 0 fully saturated rings. The van der Waals surface area contributed by atoms with E-state index in [4.69, 9.17) is 4.42 Å². The Morgan fingerprint density at radius 3 is 2.77 bits per heavy atom. The van der Waals surface area contributed by atoms with Gasteiger partial charge in [0.05, 0.1) is 5.69 Å². The normalized spacial score (nSPS) is 11.4. The van der Waals surface area contributed by atoms with Crippen molar-refractivity contribution in [3.05, 3.63) is 58.5 Å². The van der Waals surface area contributed by atoms with Gasteiger partial charge in [-0.05, 0) is 42.8 Å².